The number of carboxylic acid groups (broad SMARTS) is 1. The molecular weight excluding hydrogens is 570 g/mol. The van der Waals surface area contributed by atoms with Gasteiger partial charge in [0.1, 0.15) is 67.5 Å². The lowest BCUT2D eigenvalue weighted by Crippen LogP contribution is -2.70. The Kier molecular flexibility index (Phi) is 13.0. The SMILES string of the molecule is CC(=O)NC1C(OC2C(CO)OC(O)C(NC(C)=O)C2OC(C)C(=O)NC(C)C(=O)O)OC(COC(C)=O)C(O)C1O. The van der Waals surface area contributed by atoms with E-state index in [1.54, 1.807) is 0 Å². The molecule has 2 aliphatic heterocycles. The van der Waals surface area contributed by atoms with Crippen LogP contribution in [0.5, 0.6) is 0 Å². The zero-order valence-corrected chi connectivity index (χ0v) is 23.7. The van der Waals surface area contributed by atoms with Gasteiger partial charge in [-0.15, -0.1) is 0 Å². The summed E-state index contributed by atoms with van der Waals surface area (Å²) in [6, 6.07) is -4.14. The van der Waals surface area contributed by atoms with Crippen molar-refractivity contribution in [3.63, 3.8) is 0 Å². The first-order valence-electron chi connectivity index (χ1n) is 13.0. The maximum Gasteiger partial charge on any atom is 0.325 e. The fourth-order valence-electron chi connectivity index (χ4n) is 4.40. The van der Waals surface area contributed by atoms with E-state index < -0.39 is 116 Å². The lowest BCUT2D eigenvalue weighted by Gasteiger charge is -2.48. The quantitative estimate of drug-likeness (QED) is 0.0968. The van der Waals surface area contributed by atoms with Gasteiger partial charge in [-0.1, -0.05) is 0 Å². The van der Waals surface area contributed by atoms with E-state index in [-0.39, 0.29) is 0 Å². The molecule has 18 nitrogen and oxygen atoms in total. The van der Waals surface area contributed by atoms with Crippen LogP contribution in [0, 0.1) is 0 Å². The molecule has 18 heteroatoms. The van der Waals surface area contributed by atoms with E-state index in [4.69, 9.17) is 28.8 Å². The maximum absolute atomic E-state index is 12.7. The molecular formula is C24H39N3O15. The smallest absolute Gasteiger partial charge is 0.325 e. The number of ether oxygens (including phenoxy) is 5. The second-order valence-corrected chi connectivity index (χ2v) is 9.94. The zero-order valence-electron chi connectivity index (χ0n) is 23.7. The first kappa shape index (κ1) is 35.2. The summed E-state index contributed by atoms with van der Waals surface area (Å²) in [7, 11) is 0. The first-order chi connectivity index (χ1) is 19.6. The van der Waals surface area contributed by atoms with Gasteiger partial charge in [-0.05, 0) is 13.8 Å². The van der Waals surface area contributed by atoms with Crippen LogP contribution >= 0.6 is 0 Å². The molecule has 0 saturated carbocycles. The molecule has 2 rings (SSSR count). The molecule has 0 aliphatic carbocycles. The molecule has 0 aromatic heterocycles. The molecule has 0 aromatic rings. The third-order valence-corrected chi connectivity index (χ3v) is 6.49. The zero-order chi connectivity index (χ0) is 31.9. The van der Waals surface area contributed by atoms with Crippen LogP contribution in [-0.2, 0) is 47.7 Å². The number of carbonyl (C=O) groups is 5. The predicted octanol–water partition coefficient (Wildman–Crippen LogP) is -4.54. The summed E-state index contributed by atoms with van der Waals surface area (Å²) in [5, 5.41) is 58.2. The van der Waals surface area contributed by atoms with Crippen LogP contribution in [0.25, 0.3) is 0 Å². The monoisotopic (exact) mass is 609 g/mol. The van der Waals surface area contributed by atoms with Gasteiger partial charge in [0.05, 0.1) is 6.61 Å². The normalized spacial score (nSPS) is 34.4. The second-order valence-electron chi connectivity index (χ2n) is 9.94. The lowest BCUT2D eigenvalue weighted by atomic mass is 9.94. The number of carboxylic acids is 1. The van der Waals surface area contributed by atoms with Crippen LogP contribution in [0.1, 0.15) is 34.6 Å². The van der Waals surface area contributed by atoms with Crippen molar-refractivity contribution in [1.29, 1.82) is 0 Å². The number of rotatable bonds is 12. The summed E-state index contributed by atoms with van der Waals surface area (Å²) in [6.07, 6.45) is -13.9. The van der Waals surface area contributed by atoms with Gasteiger partial charge in [0.25, 0.3) is 0 Å². The Hall–Kier alpha value is -2.97. The van der Waals surface area contributed by atoms with Crippen LogP contribution in [0.3, 0.4) is 0 Å². The van der Waals surface area contributed by atoms with Crippen molar-refractivity contribution in [3.05, 3.63) is 0 Å². The standard InChI is InChI=1S/C24H39N3O15/c1-8(22(35)36)25-21(34)9(2)39-20-16(27-11(4)30)23(37)40-13(6-28)19(20)42-24-15(26-10(3)29)18(33)17(32)14(41-24)7-38-12(5)31/h8-9,13-20,23-24,28,32-33,37H,6-7H2,1-5H3,(H,25,34)(H,26,29)(H,27,30)(H,35,36). The number of amides is 3. The molecule has 12 atom stereocenters. The first-order valence-corrected chi connectivity index (χ1v) is 13.0. The van der Waals surface area contributed by atoms with E-state index in [1.165, 1.54) is 13.8 Å². The van der Waals surface area contributed by atoms with E-state index in [1.807, 2.05) is 0 Å². The van der Waals surface area contributed by atoms with Crippen LogP contribution in [0.2, 0.25) is 0 Å². The number of aliphatic hydroxyl groups excluding tert-OH is 4. The highest BCUT2D eigenvalue weighted by molar-refractivity contribution is 5.85. The molecule has 0 aromatic carbocycles. The van der Waals surface area contributed by atoms with Crippen molar-refractivity contribution in [2.45, 2.75) is 108 Å². The number of esters is 1. The van der Waals surface area contributed by atoms with Gasteiger partial charge in [-0.3, -0.25) is 24.0 Å². The topological polar surface area (TPSA) is 269 Å². The fourth-order valence-corrected chi connectivity index (χ4v) is 4.40. The highest BCUT2D eigenvalue weighted by atomic mass is 16.7. The summed E-state index contributed by atoms with van der Waals surface area (Å²) < 4.78 is 27.9. The average molecular weight is 610 g/mol. The largest absolute Gasteiger partial charge is 0.480 e. The second kappa shape index (κ2) is 15.5. The van der Waals surface area contributed by atoms with Gasteiger partial charge in [-0.2, -0.15) is 0 Å². The minimum atomic E-state index is -1.79. The molecule has 8 N–H and O–H groups in total. The Labute approximate surface area is 240 Å². The molecule has 12 unspecified atom stereocenters. The van der Waals surface area contributed by atoms with Crippen molar-refractivity contribution in [2.75, 3.05) is 13.2 Å². The maximum atomic E-state index is 12.7. The number of hydrogen-bond acceptors (Lipinski definition) is 14. The van der Waals surface area contributed by atoms with E-state index in [0.717, 1.165) is 20.8 Å². The summed E-state index contributed by atoms with van der Waals surface area (Å²) in [5.74, 6) is -4.22. The fraction of sp³-hybridized carbons (Fsp3) is 0.792. The summed E-state index contributed by atoms with van der Waals surface area (Å²) in [5.41, 5.74) is 0. The Morgan fingerprint density at radius 1 is 0.857 bits per heavy atom. The Morgan fingerprint density at radius 3 is 1.98 bits per heavy atom. The molecule has 240 valence electrons. The number of carbonyl (C=O) groups excluding carboxylic acids is 4. The predicted molar refractivity (Wildman–Crippen MR) is 135 cm³/mol. The van der Waals surface area contributed by atoms with Crippen molar-refractivity contribution >= 4 is 29.7 Å². The van der Waals surface area contributed by atoms with E-state index in [0.29, 0.717) is 0 Å². The molecule has 2 fully saturated rings. The van der Waals surface area contributed by atoms with Gasteiger partial charge >= 0.3 is 11.9 Å². The van der Waals surface area contributed by atoms with Crippen LogP contribution in [0.4, 0.5) is 0 Å². The van der Waals surface area contributed by atoms with Crippen molar-refractivity contribution in [1.82, 2.24) is 16.0 Å². The highest BCUT2D eigenvalue weighted by Gasteiger charge is 2.53. The van der Waals surface area contributed by atoms with Gasteiger partial charge in [0.2, 0.25) is 17.7 Å². The van der Waals surface area contributed by atoms with E-state index in [9.17, 15) is 44.4 Å². The van der Waals surface area contributed by atoms with Crippen LogP contribution < -0.4 is 16.0 Å². The van der Waals surface area contributed by atoms with E-state index in [2.05, 4.69) is 16.0 Å². The molecule has 0 radical (unpaired) electrons. The van der Waals surface area contributed by atoms with Gasteiger partial charge in [-0.25, -0.2) is 0 Å². The minimum Gasteiger partial charge on any atom is -0.480 e. The van der Waals surface area contributed by atoms with Gasteiger partial charge in [0.15, 0.2) is 12.6 Å². The third kappa shape index (κ3) is 9.27. The molecule has 0 spiro atoms. The number of nitrogens with one attached hydrogen (secondary N) is 3. The molecule has 2 saturated heterocycles. The molecule has 0 bridgehead atoms. The number of hydrogen-bond donors (Lipinski definition) is 8. The van der Waals surface area contributed by atoms with Gasteiger partial charge < -0.3 is 65.2 Å². The van der Waals surface area contributed by atoms with Crippen LogP contribution in [0.15, 0.2) is 0 Å². The van der Waals surface area contributed by atoms with Crippen molar-refractivity contribution in [2.24, 2.45) is 0 Å². The van der Waals surface area contributed by atoms with Crippen molar-refractivity contribution in [3.8, 4) is 0 Å². The summed E-state index contributed by atoms with van der Waals surface area (Å²) in [6.45, 7) is 4.50. The highest BCUT2D eigenvalue weighted by Crippen LogP contribution is 2.31. The summed E-state index contributed by atoms with van der Waals surface area (Å²) >= 11 is 0. The van der Waals surface area contributed by atoms with Crippen molar-refractivity contribution < 1.29 is 73.2 Å². The van der Waals surface area contributed by atoms with E-state index >= 15 is 0 Å². The summed E-state index contributed by atoms with van der Waals surface area (Å²) in [4.78, 5) is 59.1. The lowest BCUT2D eigenvalue weighted by molar-refractivity contribution is -0.333. The third-order valence-electron chi connectivity index (χ3n) is 6.49. The molecule has 42 heavy (non-hydrogen) atoms. The van der Waals surface area contributed by atoms with Gasteiger partial charge in [0, 0.05) is 20.8 Å². The Bertz CT molecular complexity index is 981. The Balaban J connectivity index is 2.46. The number of aliphatic carboxylic acids is 1. The average Bonchev–Trinajstić information content (AvgIpc) is 2.89. The Morgan fingerprint density at radius 2 is 1.45 bits per heavy atom. The number of aliphatic hydroxyl groups is 4. The molecule has 2 aliphatic rings. The van der Waals surface area contributed by atoms with Crippen LogP contribution in [-0.4, -0.2) is 142 Å². The molecule has 3 amide bonds. The minimum absolute atomic E-state index is 0.517. The molecule has 2 heterocycles.